The van der Waals surface area contributed by atoms with Gasteiger partial charge in [-0.15, -0.1) is 0 Å². The first-order chi connectivity index (χ1) is 46.1. The van der Waals surface area contributed by atoms with Crippen LogP contribution in [-0.2, 0) is 55.6 Å². The van der Waals surface area contributed by atoms with Crippen molar-refractivity contribution in [3.05, 3.63) is 238 Å². The van der Waals surface area contributed by atoms with Crippen molar-refractivity contribution >= 4 is 43.6 Å². The van der Waals surface area contributed by atoms with E-state index in [0.29, 0.717) is 16.7 Å². The van der Waals surface area contributed by atoms with E-state index < -0.39 is 189 Å². The van der Waals surface area contributed by atoms with E-state index in [4.69, 9.17) is 0 Å². The quantitative estimate of drug-likeness (QED) is 0.146. The third-order valence-electron chi connectivity index (χ3n) is 16.4. The van der Waals surface area contributed by atoms with Crippen LogP contribution in [0.25, 0.3) is 111 Å². The lowest BCUT2D eigenvalue weighted by molar-refractivity contribution is -0.144. The summed E-state index contributed by atoms with van der Waals surface area (Å²) in [4.78, 5) is 0. The van der Waals surface area contributed by atoms with Crippen LogP contribution in [0.4, 0.5) is 119 Å². The van der Waals surface area contributed by atoms with Crippen LogP contribution in [0.5, 0.6) is 0 Å². The number of hydrogen-bond donors (Lipinski definition) is 0. The molecule has 12 rings (SSSR count). The van der Waals surface area contributed by atoms with E-state index in [-0.39, 0.29) is 105 Å². The molecule has 0 aliphatic carbocycles. The second kappa shape index (κ2) is 23.3. The van der Waals surface area contributed by atoms with Gasteiger partial charge in [-0.2, -0.15) is 124 Å². The predicted molar refractivity (Wildman–Crippen MR) is 312 cm³/mol. The number of aromatic nitrogens is 2. The van der Waals surface area contributed by atoms with Gasteiger partial charge in [-0.25, -0.2) is 0 Å². The summed E-state index contributed by atoms with van der Waals surface area (Å²) in [6, 6.07) is 19.6. The number of hydrogen-bond acceptors (Lipinski definition) is 1. The molecule has 0 aliphatic rings. The fraction of sp³-hybridized carbons (Fsp3) is 0.129. The molecule has 0 aliphatic heterocycles. The summed E-state index contributed by atoms with van der Waals surface area (Å²) in [6.07, 6.45) is -49.7. The molecule has 0 bridgehead atoms. The van der Waals surface area contributed by atoms with Gasteiger partial charge in [0.25, 0.3) is 0 Å². The van der Waals surface area contributed by atoms with Crippen molar-refractivity contribution in [1.29, 1.82) is 5.26 Å². The number of benzene rings is 10. The van der Waals surface area contributed by atoms with E-state index in [9.17, 15) is 111 Å². The SMILES string of the molecule is N#Cc1cccc(-c2cc(-n3c4cc(-c5cc(C(F)(F)F)cc(C(F)(F)F)c5)ccc4c4ccc(-c5cc(C(F)(F)F)cc(C(F)(F)F)c5)cc43)c(C(F)(F)F)cc2-n2c3cc(-c4cc(C(F)(F)F)cc(C(F)(F)F)c4)ccc3c3ccc(-c4cc(C(F)(F)F)cc(C(F)(F)F)c4)cc32)c1. The monoisotopic (exact) mass is 1430 g/mol. The van der Waals surface area contributed by atoms with Gasteiger partial charge in [-0.1, -0.05) is 60.7 Å². The molecule has 30 heteroatoms. The molecule has 0 radical (unpaired) electrons. The number of halogens is 27. The van der Waals surface area contributed by atoms with Crippen molar-refractivity contribution in [2.24, 2.45) is 0 Å². The number of nitrogens with zero attached hydrogens (tertiary/aromatic N) is 3. The maximum atomic E-state index is 16.9. The highest BCUT2D eigenvalue weighted by atomic mass is 19.4. The van der Waals surface area contributed by atoms with E-state index in [2.05, 4.69) is 0 Å². The highest BCUT2D eigenvalue weighted by Gasteiger charge is 2.43. The van der Waals surface area contributed by atoms with Gasteiger partial charge in [0.05, 0.1) is 95.1 Å². The normalized spacial score (nSPS) is 13.3. The molecule has 2 aromatic heterocycles. The Morgan fingerprint density at radius 1 is 0.230 bits per heavy atom. The van der Waals surface area contributed by atoms with Gasteiger partial charge in [0.15, 0.2) is 0 Å². The molecule has 0 amide bonds. The minimum absolute atomic E-state index is 0.184. The van der Waals surface area contributed by atoms with Gasteiger partial charge in [0, 0.05) is 27.1 Å². The predicted octanol–water partition coefficient (Wildman–Crippen LogP) is 25.3. The third kappa shape index (κ3) is 13.1. The molecule has 100 heavy (non-hydrogen) atoms. The first-order valence-electron chi connectivity index (χ1n) is 28.3. The fourth-order valence-electron chi connectivity index (χ4n) is 11.9. The molecule has 0 spiro atoms. The average Bonchev–Trinajstić information content (AvgIpc) is 1.54. The van der Waals surface area contributed by atoms with Gasteiger partial charge in [0.1, 0.15) is 0 Å². The highest BCUT2D eigenvalue weighted by molar-refractivity contribution is 6.13. The van der Waals surface area contributed by atoms with Crippen LogP contribution in [0, 0.1) is 11.3 Å². The maximum Gasteiger partial charge on any atom is 0.418 e. The molecule has 12 aromatic rings. The molecule has 0 atom stereocenters. The summed E-state index contributed by atoms with van der Waals surface area (Å²) < 4.78 is 398. The van der Waals surface area contributed by atoms with Gasteiger partial charge in [-0.05, 0) is 171 Å². The molecule has 0 unspecified atom stereocenters. The molecule has 3 nitrogen and oxygen atoms in total. The molecule has 0 saturated heterocycles. The lowest BCUT2D eigenvalue weighted by atomic mass is 9.96. The van der Waals surface area contributed by atoms with E-state index >= 15 is 13.2 Å². The Kier molecular flexibility index (Phi) is 16.1. The smallest absolute Gasteiger partial charge is 0.309 e. The van der Waals surface area contributed by atoms with Gasteiger partial charge in [0.2, 0.25) is 0 Å². The maximum absolute atomic E-state index is 16.9. The number of nitriles is 1. The zero-order chi connectivity index (χ0) is 72.9. The summed E-state index contributed by atoms with van der Waals surface area (Å²) in [7, 11) is 0. The summed E-state index contributed by atoms with van der Waals surface area (Å²) in [6.45, 7) is 0. The largest absolute Gasteiger partial charge is 0.418 e. The Morgan fingerprint density at radius 3 is 0.730 bits per heavy atom. The molecule has 0 saturated carbocycles. The average molecular weight is 1430 g/mol. The van der Waals surface area contributed by atoms with Crippen LogP contribution in [0.15, 0.2) is 182 Å². The number of rotatable bonds is 7. The van der Waals surface area contributed by atoms with Crippen molar-refractivity contribution < 1.29 is 119 Å². The standard InChI is InChI=1S/C70H30F27N3/c71-62(72,73)42-13-38(14-43(25-42)63(74,75)76)33-4-8-50-51-9-5-34(39-15-44(64(77,78)79)26-45(16-39)65(80,81)82)22-57(51)99(56(50)21-33)60-30-55(70(95,96)97)61(29-54(60)37-3-1-2-32(12-37)31-98)100-58-23-35(40-17-46(66(83,84)85)27-47(18-40)67(86,87)88)6-10-52(58)53-11-7-36(24-59(53)100)41-19-48(68(89,90)91)28-49(20-41)69(92,93)94/h1-30H. The van der Waals surface area contributed by atoms with Crippen molar-refractivity contribution in [1.82, 2.24) is 9.13 Å². The third-order valence-corrected chi connectivity index (χ3v) is 16.4. The zero-order valence-electron chi connectivity index (χ0n) is 48.9. The molecule has 10 aromatic carbocycles. The molecular formula is C70H30F27N3. The lowest BCUT2D eigenvalue weighted by Gasteiger charge is -2.23. The summed E-state index contributed by atoms with van der Waals surface area (Å²) in [5.41, 5.74) is -28.0. The Hall–Kier alpha value is -10.6. The van der Waals surface area contributed by atoms with Crippen LogP contribution >= 0.6 is 0 Å². The Bertz CT molecular complexity index is 4970. The minimum Gasteiger partial charge on any atom is -0.309 e. The summed E-state index contributed by atoms with van der Waals surface area (Å²) >= 11 is 0. The molecular weight excluding hydrogens is 1400 g/mol. The zero-order valence-corrected chi connectivity index (χ0v) is 48.9. The molecule has 0 N–H and O–H groups in total. The Morgan fingerprint density at radius 2 is 0.490 bits per heavy atom. The number of alkyl halides is 27. The van der Waals surface area contributed by atoms with Crippen molar-refractivity contribution in [2.45, 2.75) is 55.6 Å². The first kappa shape index (κ1) is 69.3. The van der Waals surface area contributed by atoms with Crippen LogP contribution in [-0.4, -0.2) is 9.13 Å². The van der Waals surface area contributed by atoms with Crippen molar-refractivity contribution in [2.75, 3.05) is 0 Å². The van der Waals surface area contributed by atoms with E-state index in [1.807, 2.05) is 0 Å². The molecule has 0 fully saturated rings. The van der Waals surface area contributed by atoms with Gasteiger partial charge in [-0.3, -0.25) is 0 Å². The Balaban J connectivity index is 1.26. The van der Waals surface area contributed by atoms with Crippen molar-refractivity contribution in [3.8, 4) is 73.1 Å². The van der Waals surface area contributed by atoms with Crippen LogP contribution in [0.3, 0.4) is 0 Å². The van der Waals surface area contributed by atoms with E-state index in [0.717, 1.165) is 102 Å². The van der Waals surface area contributed by atoms with Crippen LogP contribution < -0.4 is 0 Å². The second-order valence-electron chi connectivity index (χ2n) is 22.9. The van der Waals surface area contributed by atoms with Crippen LogP contribution in [0.2, 0.25) is 0 Å². The van der Waals surface area contributed by atoms with E-state index in [1.165, 1.54) is 0 Å². The Labute approximate surface area is 541 Å². The summed E-state index contributed by atoms with van der Waals surface area (Å²) in [5, 5.41) is 9.36. The topological polar surface area (TPSA) is 33.6 Å². The lowest BCUT2D eigenvalue weighted by Crippen LogP contribution is -2.13. The van der Waals surface area contributed by atoms with Crippen LogP contribution in [0.1, 0.15) is 55.6 Å². The minimum atomic E-state index is -5.83. The summed E-state index contributed by atoms with van der Waals surface area (Å²) in [5.74, 6) is 0. The second-order valence-corrected chi connectivity index (χ2v) is 22.9. The molecule has 514 valence electrons. The number of fused-ring (bicyclic) bond motifs is 6. The van der Waals surface area contributed by atoms with E-state index in [1.54, 1.807) is 6.07 Å². The van der Waals surface area contributed by atoms with Crippen molar-refractivity contribution in [3.63, 3.8) is 0 Å². The molecule has 2 heterocycles. The van der Waals surface area contributed by atoms with Gasteiger partial charge >= 0.3 is 55.6 Å². The first-order valence-corrected chi connectivity index (χ1v) is 28.3. The fourth-order valence-corrected chi connectivity index (χ4v) is 11.9. The van der Waals surface area contributed by atoms with Gasteiger partial charge < -0.3 is 9.13 Å². The highest BCUT2D eigenvalue weighted by Crippen LogP contribution is 2.50.